The van der Waals surface area contributed by atoms with Gasteiger partial charge in [-0.15, -0.1) is 5.10 Å². The third-order valence-electron chi connectivity index (χ3n) is 4.46. The number of rotatable bonds is 3. The Hall–Kier alpha value is -3.38. The summed E-state index contributed by atoms with van der Waals surface area (Å²) in [6, 6.07) is 1.03. The molecule has 0 radical (unpaired) electrons. The minimum absolute atomic E-state index is 0.00940. The molecule has 13 heteroatoms. The molecule has 0 spiro atoms. The zero-order chi connectivity index (χ0) is 23.0. The molecule has 0 aliphatic carbocycles. The van der Waals surface area contributed by atoms with Gasteiger partial charge in [0.2, 0.25) is 5.91 Å². The van der Waals surface area contributed by atoms with Gasteiger partial charge in [-0.3, -0.25) is 14.6 Å². The van der Waals surface area contributed by atoms with Gasteiger partial charge in [0.1, 0.15) is 6.33 Å². The molecule has 1 aliphatic heterocycles. The van der Waals surface area contributed by atoms with Crippen molar-refractivity contribution in [2.75, 3.05) is 13.6 Å². The second-order valence-corrected chi connectivity index (χ2v) is 6.64. The Kier molecular flexibility index (Phi) is 5.79. The van der Waals surface area contributed by atoms with Gasteiger partial charge >= 0.3 is 12.4 Å². The summed E-state index contributed by atoms with van der Waals surface area (Å²) in [5, 5.41) is 6.18. The lowest BCUT2D eigenvalue weighted by Crippen LogP contribution is -2.50. The van der Waals surface area contributed by atoms with Gasteiger partial charge in [-0.2, -0.15) is 26.3 Å². The van der Waals surface area contributed by atoms with Gasteiger partial charge in [0.05, 0.1) is 11.1 Å². The van der Waals surface area contributed by atoms with Crippen LogP contribution in [0.25, 0.3) is 17.6 Å². The third kappa shape index (κ3) is 5.03. The Balaban J connectivity index is 1.86. The summed E-state index contributed by atoms with van der Waals surface area (Å²) in [4.78, 5) is 27.6. The van der Waals surface area contributed by atoms with E-state index in [1.54, 1.807) is 0 Å². The lowest BCUT2D eigenvalue weighted by Gasteiger charge is -2.34. The smallest absolute Gasteiger partial charge is 0.273 e. The number of nitrogens with zero attached hydrogens (tertiary/aromatic N) is 5. The maximum Gasteiger partial charge on any atom is 0.416 e. The van der Waals surface area contributed by atoms with E-state index in [0.717, 1.165) is 23.3 Å². The van der Waals surface area contributed by atoms with E-state index in [4.69, 9.17) is 0 Å². The quantitative estimate of drug-likeness (QED) is 0.534. The predicted molar refractivity (Wildman–Crippen MR) is 94.5 cm³/mol. The van der Waals surface area contributed by atoms with Crippen LogP contribution in [0.4, 0.5) is 26.3 Å². The highest BCUT2D eigenvalue weighted by atomic mass is 19.4. The summed E-state index contributed by atoms with van der Waals surface area (Å²) in [5.74, 6) is -1.17. The van der Waals surface area contributed by atoms with Crippen molar-refractivity contribution in [2.45, 2.75) is 25.2 Å². The van der Waals surface area contributed by atoms with Gasteiger partial charge in [0, 0.05) is 37.9 Å². The molecule has 3 rings (SSSR count). The Bertz CT molecular complexity index is 995. The maximum absolute atomic E-state index is 13.0. The normalized spacial score (nSPS) is 15.8. The molecule has 166 valence electrons. The molecule has 0 unspecified atom stereocenters. The number of halogens is 6. The van der Waals surface area contributed by atoms with Gasteiger partial charge in [-0.1, -0.05) is 0 Å². The SMILES string of the molecule is CN1C(=O)CCCN1C(=O)C=Cn1cnc(-c2cc(C(F)(F)F)cc(C(F)(F)F)c2)n1. The second kappa shape index (κ2) is 8.04. The molecule has 1 aromatic heterocycles. The number of hydrogen-bond donors (Lipinski definition) is 0. The first-order valence-electron chi connectivity index (χ1n) is 8.83. The Morgan fingerprint density at radius 3 is 2.26 bits per heavy atom. The number of benzene rings is 1. The molecule has 2 aromatic rings. The number of carbonyl (C=O) groups excluding carboxylic acids is 2. The zero-order valence-electron chi connectivity index (χ0n) is 15.9. The fourth-order valence-corrected chi connectivity index (χ4v) is 2.87. The van der Waals surface area contributed by atoms with E-state index < -0.39 is 35.0 Å². The summed E-state index contributed by atoms with van der Waals surface area (Å²) in [6.45, 7) is 0.318. The largest absolute Gasteiger partial charge is 0.416 e. The highest BCUT2D eigenvalue weighted by Crippen LogP contribution is 2.38. The first-order valence-corrected chi connectivity index (χ1v) is 8.83. The average molecular weight is 447 g/mol. The van der Waals surface area contributed by atoms with Gasteiger partial charge in [-0.05, 0) is 24.6 Å². The third-order valence-corrected chi connectivity index (χ3v) is 4.46. The van der Waals surface area contributed by atoms with Crippen LogP contribution in [0.1, 0.15) is 24.0 Å². The standard InChI is InChI=1S/C18H15F6N5O2/c1-27-14(30)3-2-5-29(27)15(31)4-6-28-10-25-16(26-28)11-7-12(17(19,20)21)9-13(8-11)18(22,23)24/h4,6-10H,2-3,5H2,1H3. The fraction of sp³-hybridized carbons (Fsp3) is 0.333. The number of hydrazine groups is 1. The van der Waals surface area contributed by atoms with Crippen molar-refractivity contribution in [3.8, 4) is 11.4 Å². The number of amides is 2. The van der Waals surface area contributed by atoms with Crippen molar-refractivity contribution >= 4 is 18.0 Å². The molecule has 0 atom stereocenters. The van der Waals surface area contributed by atoms with Crippen molar-refractivity contribution in [3.63, 3.8) is 0 Å². The summed E-state index contributed by atoms with van der Waals surface area (Å²) < 4.78 is 79.0. The van der Waals surface area contributed by atoms with Crippen LogP contribution in [-0.2, 0) is 21.9 Å². The highest BCUT2D eigenvalue weighted by Gasteiger charge is 2.37. The molecular formula is C18H15F6N5O2. The van der Waals surface area contributed by atoms with Gasteiger partial charge in [-0.25, -0.2) is 14.7 Å². The Morgan fingerprint density at radius 1 is 1.06 bits per heavy atom. The monoisotopic (exact) mass is 447 g/mol. The van der Waals surface area contributed by atoms with Crippen LogP contribution in [0, 0.1) is 0 Å². The number of aromatic nitrogens is 3. The molecule has 31 heavy (non-hydrogen) atoms. The molecule has 2 amide bonds. The van der Waals surface area contributed by atoms with E-state index in [-0.39, 0.29) is 17.8 Å². The Labute approximate surface area is 171 Å². The minimum Gasteiger partial charge on any atom is -0.273 e. The zero-order valence-corrected chi connectivity index (χ0v) is 15.9. The van der Waals surface area contributed by atoms with Crippen LogP contribution in [0.5, 0.6) is 0 Å². The summed E-state index contributed by atoms with van der Waals surface area (Å²) in [7, 11) is 1.44. The number of carbonyl (C=O) groups is 2. The van der Waals surface area contributed by atoms with Crippen molar-refractivity contribution in [1.29, 1.82) is 0 Å². The molecule has 1 aliphatic rings. The molecular weight excluding hydrogens is 432 g/mol. The molecule has 1 saturated heterocycles. The van der Waals surface area contributed by atoms with Crippen LogP contribution in [0.15, 0.2) is 30.6 Å². The van der Waals surface area contributed by atoms with Crippen molar-refractivity contribution in [2.24, 2.45) is 0 Å². The van der Waals surface area contributed by atoms with E-state index in [2.05, 4.69) is 10.1 Å². The van der Waals surface area contributed by atoms with E-state index in [9.17, 15) is 35.9 Å². The minimum atomic E-state index is -5.00. The molecule has 0 N–H and O–H groups in total. The first kappa shape index (κ1) is 22.3. The molecule has 1 fully saturated rings. The van der Waals surface area contributed by atoms with Crippen LogP contribution < -0.4 is 0 Å². The molecule has 0 saturated carbocycles. The van der Waals surface area contributed by atoms with Crippen LogP contribution >= 0.6 is 0 Å². The molecule has 7 nitrogen and oxygen atoms in total. The van der Waals surface area contributed by atoms with E-state index in [1.165, 1.54) is 17.1 Å². The van der Waals surface area contributed by atoms with Crippen LogP contribution in [0.2, 0.25) is 0 Å². The van der Waals surface area contributed by atoms with E-state index in [1.807, 2.05) is 0 Å². The summed E-state index contributed by atoms with van der Waals surface area (Å²) >= 11 is 0. The second-order valence-electron chi connectivity index (χ2n) is 6.64. The maximum atomic E-state index is 13.0. The van der Waals surface area contributed by atoms with Crippen LogP contribution in [0.3, 0.4) is 0 Å². The summed E-state index contributed by atoms with van der Waals surface area (Å²) in [5.41, 5.74) is -3.46. The van der Waals surface area contributed by atoms with Gasteiger partial charge in [0.25, 0.3) is 5.91 Å². The topological polar surface area (TPSA) is 71.3 Å². The number of hydrogen-bond acceptors (Lipinski definition) is 4. The lowest BCUT2D eigenvalue weighted by atomic mass is 10.0. The lowest BCUT2D eigenvalue weighted by molar-refractivity contribution is -0.162. The highest BCUT2D eigenvalue weighted by molar-refractivity contribution is 5.92. The number of alkyl halides is 6. The molecule has 1 aromatic carbocycles. The van der Waals surface area contributed by atoms with Gasteiger partial charge < -0.3 is 0 Å². The Morgan fingerprint density at radius 2 is 1.68 bits per heavy atom. The molecule has 0 bridgehead atoms. The predicted octanol–water partition coefficient (Wildman–Crippen LogP) is 3.45. The average Bonchev–Trinajstić information content (AvgIpc) is 3.15. The van der Waals surface area contributed by atoms with Crippen molar-refractivity contribution in [3.05, 3.63) is 41.7 Å². The van der Waals surface area contributed by atoms with E-state index >= 15 is 0 Å². The van der Waals surface area contributed by atoms with Crippen LogP contribution in [-0.4, -0.2) is 50.2 Å². The fourth-order valence-electron chi connectivity index (χ4n) is 2.87. The van der Waals surface area contributed by atoms with E-state index in [0.29, 0.717) is 31.5 Å². The molecule has 2 heterocycles. The van der Waals surface area contributed by atoms with Gasteiger partial charge in [0.15, 0.2) is 5.82 Å². The first-order chi connectivity index (χ1) is 14.4. The van der Waals surface area contributed by atoms with Crippen molar-refractivity contribution < 1.29 is 35.9 Å². The van der Waals surface area contributed by atoms with Crippen molar-refractivity contribution in [1.82, 2.24) is 24.8 Å². The summed E-state index contributed by atoms with van der Waals surface area (Å²) in [6.07, 6.45) is -5.98.